The van der Waals surface area contributed by atoms with Gasteiger partial charge < -0.3 is 20.5 Å². The number of anilines is 3. The van der Waals surface area contributed by atoms with Gasteiger partial charge in [-0.05, 0) is 41.8 Å². The van der Waals surface area contributed by atoms with E-state index in [1.165, 1.54) is 24.3 Å². The van der Waals surface area contributed by atoms with E-state index in [9.17, 15) is 34.4 Å². The molecule has 0 saturated heterocycles. The highest BCUT2D eigenvalue weighted by atomic mass is 16.6. The van der Waals surface area contributed by atoms with Gasteiger partial charge >= 0.3 is 12.1 Å². The lowest BCUT2D eigenvalue weighted by Crippen LogP contribution is -2.42. The average molecular weight is 496 g/mol. The molecular formula is C24H24N4O8. The van der Waals surface area contributed by atoms with Crippen molar-refractivity contribution in [2.24, 2.45) is 0 Å². The molecule has 0 heterocycles. The molecule has 3 rings (SSSR count). The number of carboxylic acid groups (broad SMARTS) is 1. The normalized spacial score (nSPS) is 11.5. The molecular weight excluding hydrogens is 472 g/mol. The number of carboxylic acids is 1. The van der Waals surface area contributed by atoms with E-state index in [0.717, 1.165) is 6.42 Å². The first-order valence-corrected chi connectivity index (χ1v) is 11.0. The SMILES string of the molecule is CCCNc1c(NC(Cc2ccc(NC(=O)OCc3ccc([N+](=O)[O-])cc3)cc2)C(=O)O)c(=O)c1=O. The molecule has 1 atom stereocenters. The van der Waals surface area contributed by atoms with Gasteiger partial charge in [0.2, 0.25) is 0 Å². The summed E-state index contributed by atoms with van der Waals surface area (Å²) < 4.78 is 5.10. The average Bonchev–Trinajstić information content (AvgIpc) is 2.87. The molecule has 3 aromatic rings. The number of non-ortho nitro benzene ring substituents is 1. The second kappa shape index (κ2) is 11.6. The standard InChI is InChI=1S/C24H24N4O8/c1-2-11-25-19-20(22(30)21(19)29)27-18(23(31)32)12-14-3-7-16(8-4-14)26-24(33)36-13-15-5-9-17(10-6-15)28(34)35/h3-10,18,25,27H,2,11-13H2,1H3,(H,26,33)(H,31,32). The number of nitrogens with zero attached hydrogens (tertiary/aromatic N) is 1. The van der Waals surface area contributed by atoms with Crippen molar-refractivity contribution in [1.29, 1.82) is 0 Å². The summed E-state index contributed by atoms with van der Waals surface area (Å²) in [5.41, 5.74) is 0.157. The van der Waals surface area contributed by atoms with E-state index >= 15 is 0 Å². The smallest absolute Gasteiger partial charge is 0.411 e. The van der Waals surface area contributed by atoms with E-state index in [1.54, 1.807) is 24.3 Å². The van der Waals surface area contributed by atoms with Crippen molar-refractivity contribution in [2.75, 3.05) is 22.5 Å². The highest BCUT2D eigenvalue weighted by molar-refractivity contribution is 5.85. The van der Waals surface area contributed by atoms with Crippen molar-refractivity contribution < 1.29 is 24.4 Å². The lowest BCUT2D eigenvalue weighted by molar-refractivity contribution is -0.384. The minimum atomic E-state index is -1.19. The number of nitro benzene ring substituents is 1. The fraction of sp³-hybridized carbons (Fsp3) is 0.250. The Balaban J connectivity index is 1.55. The van der Waals surface area contributed by atoms with Crippen LogP contribution in [0.5, 0.6) is 0 Å². The molecule has 12 nitrogen and oxygen atoms in total. The number of hydrogen-bond acceptors (Lipinski definition) is 9. The van der Waals surface area contributed by atoms with E-state index in [4.69, 9.17) is 4.74 Å². The molecule has 4 N–H and O–H groups in total. The van der Waals surface area contributed by atoms with Crippen LogP contribution in [0.4, 0.5) is 27.5 Å². The zero-order chi connectivity index (χ0) is 26.2. The maximum absolute atomic E-state index is 12.0. The van der Waals surface area contributed by atoms with Gasteiger partial charge in [-0.15, -0.1) is 0 Å². The van der Waals surface area contributed by atoms with Gasteiger partial charge in [-0.1, -0.05) is 19.1 Å². The van der Waals surface area contributed by atoms with E-state index in [0.29, 0.717) is 23.4 Å². The molecule has 0 aromatic heterocycles. The lowest BCUT2D eigenvalue weighted by atomic mass is 10.0. The monoisotopic (exact) mass is 496 g/mol. The number of nitrogens with one attached hydrogen (secondary N) is 3. The van der Waals surface area contributed by atoms with E-state index in [2.05, 4.69) is 16.0 Å². The van der Waals surface area contributed by atoms with Gasteiger partial charge in [0.25, 0.3) is 16.5 Å². The van der Waals surface area contributed by atoms with Crippen LogP contribution in [-0.4, -0.2) is 34.7 Å². The Labute approximate surface area is 204 Å². The predicted octanol–water partition coefficient (Wildman–Crippen LogP) is 2.87. The fourth-order valence-corrected chi connectivity index (χ4v) is 3.30. The number of carbonyl (C=O) groups excluding carboxylic acids is 1. The third kappa shape index (κ3) is 6.44. The summed E-state index contributed by atoms with van der Waals surface area (Å²) in [6, 6.07) is 10.8. The molecule has 0 saturated carbocycles. The van der Waals surface area contributed by atoms with Crippen LogP contribution in [0.25, 0.3) is 0 Å². The highest BCUT2D eigenvalue weighted by Gasteiger charge is 2.26. The number of rotatable bonds is 12. The topological polar surface area (TPSA) is 177 Å². The van der Waals surface area contributed by atoms with E-state index in [1.807, 2.05) is 6.92 Å². The van der Waals surface area contributed by atoms with Crippen LogP contribution in [0.1, 0.15) is 24.5 Å². The Bertz CT molecular complexity index is 1310. The van der Waals surface area contributed by atoms with Gasteiger partial charge in [0.15, 0.2) is 0 Å². The number of hydrogen-bond donors (Lipinski definition) is 4. The molecule has 3 aromatic carbocycles. The summed E-state index contributed by atoms with van der Waals surface area (Å²) in [5, 5.41) is 28.3. The van der Waals surface area contributed by atoms with Gasteiger partial charge in [0, 0.05) is 30.8 Å². The third-order valence-electron chi connectivity index (χ3n) is 5.24. The largest absolute Gasteiger partial charge is 0.480 e. The zero-order valence-corrected chi connectivity index (χ0v) is 19.3. The number of amides is 1. The Morgan fingerprint density at radius 2 is 1.61 bits per heavy atom. The predicted molar refractivity (Wildman–Crippen MR) is 132 cm³/mol. The second-order valence-corrected chi connectivity index (χ2v) is 7.90. The molecule has 1 amide bonds. The molecule has 0 aliphatic heterocycles. The molecule has 0 fully saturated rings. The van der Waals surface area contributed by atoms with Crippen LogP contribution in [0.3, 0.4) is 0 Å². The van der Waals surface area contributed by atoms with Crippen LogP contribution in [-0.2, 0) is 22.6 Å². The van der Waals surface area contributed by atoms with Gasteiger partial charge in [-0.2, -0.15) is 0 Å². The zero-order valence-electron chi connectivity index (χ0n) is 19.3. The maximum atomic E-state index is 12.0. The van der Waals surface area contributed by atoms with Gasteiger partial charge in [-0.25, -0.2) is 9.59 Å². The van der Waals surface area contributed by atoms with Crippen molar-refractivity contribution in [3.05, 3.63) is 90.2 Å². The second-order valence-electron chi connectivity index (χ2n) is 7.90. The molecule has 0 radical (unpaired) electrons. The molecule has 188 valence electrons. The molecule has 1 unspecified atom stereocenters. The molecule has 0 bridgehead atoms. The molecule has 0 spiro atoms. The fourth-order valence-electron chi connectivity index (χ4n) is 3.30. The number of carbonyl (C=O) groups is 2. The van der Waals surface area contributed by atoms with Crippen molar-refractivity contribution in [3.63, 3.8) is 0 Å². The van der Waals surface area contributed by atoms with Crippen molar-refractivity contribution in [1.82, 2.24) is 0 Å². The quantitative estimate of drug-likeness (QED) is 0.166. The van der Waals surface area contributed by atoms with Crippen molar-refractivity contribution in [3.8, 4) is 0 Å². The minimum Gasteiger partial charge on any atom is -0.480 e. The minimum absolute atomic E-state index is 0.0201. The Hall–Kier alpha value is -4.74. The van der Waals surface area contributed by atoms with Gasteiger partial charge in [0.05, 0.1) is 4.92 Å². The van der Waals surface area contributed by atoms with Crippen LogP contribution >= 0.6 is 0 Å². The molecule has 12 heteroatoms. The van der Waals surface area contributed by atoms with E-state index in [-0.39, 0.29) is 30.1 Å². The van der Waals surface area contributed by atoms with Crippen LogP contribution in [0.2, 0.25) is 0 Å². The highest BCUT2D eigenvalue weighted by Crippen LogP contribution is 2.19. The Morgan fingerprint density at radius 1 is 1.00 bits per heavy atom. The Kier molecular flexibility index (Phi) is 8.34. The van der Waals surface area contributed by atoms with Crippen molar-refractivity contribution in [2.45, 2.75) is 32.4 Å². The number of benzene rings is 2. The first-order chi connectivity index (χ1) is 17.2. The molecule has 36 heavy (non-hydrogen) atoms. The summed E-state index contributed by atoms with van der Waals surface area (Å²) >= 11 is 0. The van der Waals surface area contributed by atoms with E-state index < -0.39 is 33.9 Å². The molecule has 0 aliphatic rings. The number of nitro groups is 1. The third-order valence-corrected chi connectivity index (χ3v) is 5.24. The maximum Gasteiger partial charge on any atom is 0.411 e. The van der Waals surface area contributed by atoms with Crippen LogP contribution < -0.4 is 26.8 Å². The first kappa shape index (κ1) is 25.9. The summed E-state index contributed by atoms with van der Waals surface area (Å²) in [6.07, 6.45) is 0.0102. The van der Waals surface area contributed by atoms with Crippen molar-refractivity contribution >= 4 is 34.8 Å². The summed E-state index contributed by atoms with van der Waals surface area (Å²) in [7, 11) is 0. The van der Waals surface area contributed by atoms with Gasteiger partial charge in [0.1, 0.15) is 24.0 Å². The molecule has 0 aliphatic carbocycles. The van der Waals surface area contributed by atoms with Crippen LogP contribution in [0.15, 0.2) is 58.1 Å². The number of aliphatic carboxylic acids is 1. The summed E-state index contributed by atoms with van der Waals surface area (Å²) in [4.78, 5) is 57.6. The van der Waals surface area contributed by atoms with Crippen LogP contribution in [0, 0.1) is 10.1 Å². The van der Waals surface area contributed by atoms with Gasteiger partial charge in [-0.3, -0.25) is 25.0 Å². The lowest BCUT2D eigenvalue weighted by Gasteiger charge is -2.20. The first-order valence-electron chi connectivity index (χ1n) is 11.0. The summed E-state index contributed by atoms with van der Waals surface area (Å²) in [6.45, 7) is 2.28. The number of ether oxygens (including phenoxy) is 1. The summed E-state index contributed by atoms with van der Waals surface area (Å²) in [5.74, 6) is -1.19. The Morgan fingerprint density at radius 3 is 2.19 bits per heavy atom.